The molecule has 0 aliphatic heterocycles. The minimum atomic E-state index is -0.603. The first-order valence-electron chi connectivity index (χ1n) is 7.73. The van der Waals surface area contributed by atoms with Crippen LogP contribution >= 0.6 is 0 Å². The molecule has 1 aromatic heterocycles. The van der Waals surface area contributed by atoms with Crippen LogP contribution in [-0.4, -0.2) is 12.5 Å². The van der Waals surface area contributed by atoms with Gasteiger partial charge in [-0.1, -0.05) is 38.1 Å². The Morgan fingerprint density at radius 1 is 1.22 bits per heavy atom. The Bertz CT molecular complexity index is 719. The molecule has 2 rings (SSSR count). The molecule has 0 fully saturated rings. The minimum absolute atomic E-state index is 0.0173. The van der Waals surface area contributed by atoms with Gasteiger partial charge in [0.05, 0.1) is 5.41 Å². The molecular formula is C19H22N2O2. The number of nitrogens with one attached hydrogen (secondary N) is 1. The average molecular weight is 310 g/mol. The fourth-order valence-electron chi connectivity index (χ4n) is 2.25. The zero-order valence-electron chi connectivity index (χ0n) is 14.0. The van der Waals surface area contributed by atoms with Crippen LogP contribution in [0.4, 0.5) is 0 Å². The van der Waals surface area contributed by atoms with Gasteiger partial charge >= 0.3 is 0 Å². The van der Waals surface area contributed by atoms with Crippen LogP contribution in [0.25, 0.3) is 11.3 Å². The third kappa shape index (κ3) is 3.81. The van der Waals surface area contributed by atoms with Crippen LogP contribution < -0.4 is 5.32 Å². The zero-order valence-corrected chi connectivity index (χ0v) is 14.0. The van der Waals surface area contributed by atoms with E-state index in [1.54, 1.807) is 12.1 Å². The summed E-state index contributed by atoms with van der Waals surface area (Å²) in [7, 11) is 0. The molecule has 0 aliphatic carbocycles. The monoisotopic (exact) mass is 310 g/mol. The molecular weight excluding hydrogens is 288 g/mol. The van der Waals surface area contributed by atoms with Crippen molar-refractivity contribution in [2.45, 2.75) is 33.1 Å². The molecule has 1 heterocycles. The van der Waals surface area contributed by atoms with Gasteiger partial charge in [-0.05, 0) is 37.5 Å². The van der Waals surface area contributed by atoms with Crippen LogP contribution in [0.5, 0.6) is 0 Å². The maximum Gasteiger partial charge on any atom is 0.230 e. The van der Waals surface area contributed by atoms with Crippen molar-refractivity contribution in [2.75, 3.05) is 6.54 Å². The van der Waals surface area contributed by atoms with Gasteiger partial charge in [-0.3, -0.25) is 4.79 Å². The predicted octanol–water partition coefficient (Wildman–Crippen LogP) is 3.87. The summed E-state index contributed by atoms with van der Waals surface area (Å²) in [6.45, 7) is 8.64. The van der Waals surface area contributed by atoms with Crippen molar-refractivity contribution in [2.24, 2.45) is 5.92 Å². The molecule has 4 heteroatoms. The number of carbonyl (C=O) groups excluding carboxylic acids is 1. The lowest BCUT2D eigenvalue weighted by Crippen LogP contribution is -2.41. The van der Waals surface area contributed by atoms with Crippen molar-refractivity contribution in [3.8, 4) is 17.4 Å². The highest BCUT2D eigenvalue weighted by Crippen LogP contribution is 2.28. The number of nitrogens with zero attached hydrogens (tertiary/aromatic N) is 1. The third-order valence-corrected chi connectivity index (χ3v) is 3.85. The summed E-state index contributed by atoms with van der Waals surface area (Å²) in [6, 6.07) is 13.1. The van der Waals surface area contributed by atoms with E-state index in [0.717, 1.165) is 11.1 Å². The van der Waals surface area contributed by atoms with Crippen LogP contribution in [0.3, 0.4) is 0 Å². The average Bonchev–Trinajstić information content (AvgIpc) is 3.01. The van der Waals surface area contributed by atoms with E-state index in [1.807, 2.05) is 44.2 Å². The number of rotatable bonds is 5. The largest absolute Gasteiger partial charge is 0.446 e. The number of amides is 1. The van der Waals surface area contributed by atoms with Gasteiger partial charge in [-0.15, -0.1) is 0 Å². The molecule has 23 heavy (non-hydrogen) atoms. The summed E-state index contributed by atoms with van der Waals surface area (Å²) < 4.78 is 5.42. The van der Waals surface area contributed by atoms with Gasteiger partial charge in [0.25, 0.3) is 0 Å². The van der Waals surface area contributed by atoms with Gasteiger partial charge in [-0.2, -0.15) is 5.26 Å². The van der Waals surface area contributed by atoms with Crippen molar-refractivity contribution < 1.29 is 9.21 Å². The van der Waals surface area contributed by atoms with E-state index in [-0.39, 0.29) is 11.7 Å². The van der Waals surface area contributed by atoms with E-state index < -0.39 is 5.41 Å². The highest BCUT2D eigenvalue weighted by atomic mass is 16.3. The number of benzene rings is 1. The molecule has 1 aromatic carbocycles. The maximum absolute atomic E-state index is 12.4. The standard InChI is InChI=1S/C19H22N2O2/c1-13(2)12-21-18(22)19(3,4)15-7-5-14(6-8-15)17-10-9-16(11-20)23-17/h5-10,13H,12H2,1-4H3,(H,21,22). The normalized spacial score (nSPS) is 11.3. The summed E-state index contributed by atoms with van der Waals surface area (Å²) in [5.41, 5.74) is 1.22. The highest BCUT2D eigenvalue weighted by molar-refractivity contribution is 5.87. The van der Waals surface area contributed by atoms with E-state index in [9.17, 15) is 4.79 Å². The van der Waals surface area contributed by atoms with Gasteiger partial charge in [0.2, 0.25) is 11.7 Å². The lowest BCUT2D eigenvalue weighted by Gasteiger charge is -2.25. The van der Waals surface area contributed by atoms with Crippen molar-refractivity contribution >= 4 is 5.91 Å². The fourth-order valence-corrected chi connectivity index (χ4v) is 2.25. The number of carbonyl (C=O) groups is 1. The van der Waals surface area contributed by atoms with Gasteiger partial charge in [0.15, 0.2) is 0 Å². The quantitative estimate of drug-likeness (QED) is 0.911. The van der Waals surface area contributed by atoms with Crippen LogP contribution in [0.1, 0.15) is 39.0 Å². The lowest BCUT2D eigenvalue weighted by molar-refractivity contribution is -0.125. The van der Waals surface area contributed by atoms with E-state index in [1.165, 1.54) is 0 Å². The first-order chi connectivity index (χ1) is 10.8. The maximum atomic E-state index is 12.4. The van der Waals surface area contributed by atoms with Crippen LogP contribution in [0, 0.1) is 17.2 Å². The van der Waals surface area contributed by atoms with Crippen LogP contribution in [0.15, 0.2) is 40.8 Å². The molecule has 0 bridgehead atoms. The van der Waals surface area contributed by atoms with E-state index in [0.29, 0.717) is 18.2 Å². The second kappa shape index (κ2) is 6.70. The fraction of sp³-hybridized carbons (Fsp3) is 0.368. The summed E-state index contributed by atoms with van der Waals surface area (Å²) >= 11 is 0. The Kier molecular flexibility index (Phi) is 4.90. The topological polar surface area (TPSA) is 66.0 Å². The Morgan fingerprint density at radius 2 is 1.87 bits per heavy atom. The molecule has 0 radical (unpaired) electrons. The molecule has 0 unspecified atom stereocenters. The van der Waals surface area contributed by atoms with Crippen LogP contribution in [0.2, 0.25) is 0 Å². The van der Waals surface area contributed by atoms with Gasteiger partial charge < -0.3 is 9.73 Å². The molecule has 120 valence electrons. The SMILES string of the molecule is CC(C)CNC(=O)C(C)(C)c1ccc(-c2ccc(C#N)o2)cc1. The second-order valence-corrected chi connectivity index (χ2v) is 6.58. The van der Waals surface area contributed by atoms with Gasteiger partial charge in [0.1, 0.15) is 11.8 Å². The number of hydrogen-bond donors (Lipinski definition) is 1. The summed E-state index contributed by atoms with van der Waals surface area (Å²) in [6.07, 6.45) is 0. The van der Waals surface area contributed by atoms with Crippen molar-refractivity contribution in [1.82, 2.24) is 5.32 Å². The van der Waals surface area contributed by atoms with Gasteiger partial charge in [-0.25, -0.2) is 0 Å². The number of furan rings is 1. The van der Waals surface area contributed by atoms with E-state index in [2.05, 4.69) is 19.2 Å². The summed E-state index contributed by atoms with van der Waals surface area (Å²) in [5.74, 6) is 1.38. The van der Waals surface area contributed by atoms with E-state index >= 15 is 0 Å². The zero-order chi connectivity index (χ0) is 17.0. The summed E-state index contributed by atoms with van der Waals surface area (Å²) in [5, 5.41) is 11.8. The first kappa shape index (κ1) is 16.8. The van der Waals surface area contributed by atoms with Crippen molar-refractivity contribution in [3.05, 3.63) is 47.7 Å². The van der Waals surface area contributed by atoms with Crippen molar-refractivity contribution in [1.29, 1.82) is 5.26 Å². The Balaban J connectivity index is 2.17. The molecule has 0 saturated carbocycles. The Morgan fingerprint density at radius 3 is 2.39 bits per heavy atom. The lowest BCUT2D eigenvalue weighted by atomic mass is 9.83. The first-order valence-corrected chi connectivity index (χ1v) is 7.73. The predicted molar refractivity (Wildman–Crippen MR) is 89.7 cm³/mol. The van der Waals surface area contributed by atoms with Crippen LogP contribution in [-0.2, 0) is 10.2 Å². The minimum Gasteiger partial charge on any atom is -0.446 e. The molecule has 0 atom stereocenters. The molecule has 0 saturated heterocycles. The highest BCUT2D eigenvalue weighted by Gasteiger charge is 2.29. The third-order valence-electron chi connectivity index (χ3n) is 3.85. The Labute approximate surface area is 137 Å². The van der Waals surface area contributed by atoms with E-state index in [4.69, 9.17) is 9.68 Å². The molecule has 2 aromatic rings. The van der Waals surface area contributed by atoms with Crippen molar-refractivity contribution in [3.63, 3.8) is 0 Å². The molecule has 0 aliphatic rings. The Hall–Kier alpha value is -2.54. The molecule has 1 amide bonds. The number of nitriles is 1. The smallest absolute Gasteiger partial charge is 0.230 e. The van der Waals surface area contributed by atoms with Gasteiger partial charge in [0, 0.05) is 12.1 Å². The second-order valence-electron chi connectivity index (χ2n) is 6.58. The molecule has 4 nitrogen and oxygen atoms in total. The molecule has 1 N–H and O–H groups in total. The molecule has 0 spiro atoms. The number of hydrogen-bond acceptors (Lipinski definition) is 3. The summed E-state index contributed by atoms with van der Waals surface area (Å²) in [4.78, 5) is 12.4.